The third-order valence-electron chi connectivity index (χ3n) is 5.61. The number of nitrogens with two attached hydrogens (primary N) is 1. The molecule has 13 nitrogen and oxygen atoms in total. The molecule has 2 aliphatic rings. The van der Waals surface area contributed by atoms with E-state index in [2.05, 4.69) is 0 Å². The normalized spacial score (nSPS) is 45.2. The second kappa shape index (κ2) is 9.74. The molecule has 12 N–H and O–H groups in total. The number of aliphatic hydroxyl groups is 10. The summed E-state index contributed by atoms with van der Waals surface area (Å²) < 4.78 is 10.4. The fourth-order valence-corrected chi connectivity index (χ4v) is 3.64. The van der Waals surface area contributed by atoms with Gasteiger partial charge in [-0.05, 0) is 12.8 Å². The SMILES string of the molecule is NC(CC[C@H]1O[C@H](CO)[C@@H](O)[C@H](O)[C@@H]1O)C(O)(O)[C@H]1O[C@H](CO)[C@@H](O)[C@H](O)[C@@H]1O. The summed E-state index contributed by atoms with van der Waals surface area (Å²) in [5.74, 6) is -2.91. The van der Waals surface area contributed by atoms with Crippen LogP contribution >= 0.6 is 0 Å². The standard InChI is InChI=1S/C16H31NO12/c17-8(2-1-5-9(20)12(23)10(21)6(3-18)28-5)16(26,27)15-14(25)13(24)11(22)7(4-19)29-15/h5-15,18-27H,1-4,17H2/t5-,6-,7-,8?,9-,10-,11-,12-,13+,14+,15+/m1/s1. The molecule has 11 atom stereocenters. The van der Waals surface area contributed by atoms with Crippen molar-refractivity contribution in [3.8, 4) is 0 Å². The van der Waals surface area contributed by atoms with Gasteiger partial charge < -0.3 is 66.3 Å². The van der Waals surface area contributed by atoms with Crippen molar-refractivity contribution in [2.45, 2.75) is 85.7 Å². The fourth-order valence-electron chi connectivity index (χ4n) is 3.64. The Morgan fingerprint density at radius 2 is 1.14 bits per heavy atom. The summed E-state index contributed by atoms with van der Waals surface area (Å²) in [5, 5.41) is 98.5. The first-order valence-corrected chi connectivity index (χ1v) is 9.28. The molecule has 0 aromatic carbocycles. The van der Waals surface area contributed by atoms with Gasteiger partial charge in [-0.25, -0.2) is 0 Å². The molecular weight excluding hydrogens is 398 g/mol. The number of aliphatic hydroxyl groups excluding tert-OH is 8. The van der Waals surface area contributed by atoms with Crippen LogP contribution in [0.3, 0.4) is 0 Å². The Labute approximate surface area is 166 Å². The molecule has 0 aromatic heterocycles. The lowest BCUT2D eigenvalue weighted by Gasteiger charge is -2.46. The molecule has 13 heteroatoms. The summed E-state index contributed by atoms with van der Waals surface area (Å²) in [6.45, 7) is -1.39. The molecule has 29 heavy (non-hydrogen) atoms. The lowest BCUT2D eigenvalue weighted by Crippen LogP contribution is -2.69. The zero-order valence-corrected chi connectivity index (χ0v) is 15.5. The first kappa shape index (κ1) is 24.7. The topological polar surface area (TPSA) is 247 Å². The van der Waals surface area contributed by atoms with Gasteiger partial charge in [0.1, 0.15) is 54.9 Å². The van der Waals surface area contributed by atoms with Crippen LogP contribution in [-0.2, 0) is 9.47 Å². The van der Waals surface area contributed by atoms with Gasteiger partial charge in [0.25, 0.3) is 0 Å². The highest BCUT2D eigenvalue weighted by Gasteiger charge is 2.54. The Balaban J connectivity index is 2.04. The van der Waals surface area contributed by atoms with Crippen LogP contribution in [0, 0.1) is 0 Å². The zero-order valence-electron chi connectivity index (χ0n) is 15.5. The monoisotopic (exact) mass is 429 g/mol. The summed E-state index contributed by atoms with van der Waals surface area (Å²) in [6.07, 6.45) is -16.0. The van der Waals surface area contributed by atoms with Crippen molar-refractivity contribution in [2.24, 2.45) is 5.73 Å². The van der Waals surface area contributed by atoms with Gasteiger partial charge in [0.2, 0.25) is 5.79 Å². The van der Waals surface area contributed by atoms with E-state index in [0.29, 0.717) is 0 Å². The van der Waals surface area contributed by atoms with Crippen LogP contribution in [0.5, 0.6) is 0 Å². The Morgan fingerprint density at radius 3 is 1.66 bits per heavy atom. The van der Waals surface area contributed by atoms with Gasteiger partial charge in [-0.1, -0.05) is 0 Å². The van der Waals surface area contributed by atoms with Crippen molar-refractivity contribution in [3.05, 3.63) is 0 Å². The minimum absolute atomic E-state index is 0.136. The van der Waals surface area contributed by atoms with Gasteiger partial charge in [0.05, 0.1) is 25.4 Å². The number of hydrogen-bond acceptors (Lipinski definition) is 13. The molecule has 0 saturated carbocycles. The molecule has 2 rings (SSSR count). The molecule has 1 unspecified atom stereocenters. The molecule has 0 bridgehead atoms. The van der Waals surface area contributed by atoms with E-state index in [1.54, 1.807) is 0 Å². The van der Waals surface area contributed by atoms with E-state index in [-0.39, 0.29) is 12.8 Å². The Morgan fingerprint density at radius 1 is 0.690 bits per heavy atom. The van der Waals surface area contributed by atoms with E-state index in [1.165, 1.54) is 0 Å². The summed E-state index contributed by atoms with van der Waals surface area (Å²) in [6, 6.07) is -1.52. The molecule has 0 radical (unpaired) electrons. The van der Waals surface area contributed by atoms with E-state index in [9.17, 15) is 51.1 Å². The number of ether oxygens (including phenoxy) is 2. The van der Waals surface area contributed by atoms with Crippen LogP contribution in [-0.4, -0.2) is 137 Å². The largest absolute Gasteiger partial charge is 0.394 e. The van der Waals surface area contributed by atoms with Crippen LogP contribution in [0.4, 0.5) is 0 Å². The van der Waals surface area contributed by atoms with E-state index >= 15 is 0 Å². The minimum Gasteiger partial charge on any atom is -0.394 e. The van der Waals surface area contributed by atoms with Crippen molar-refractivity contribution in [1.82, 2.24) is 0 Å². The molecule has 2 fully saturated rings. The molecule has 2 saturated heterocycles. The maximum absolute atomic E-state index is 10.4. The summed E-state index contributed by atoms with van der Waals surface area (Å²) in [4.78, 5) is 0. The van der Waals surface area contributed by atoms with E-state index in [4.69, 9.17) is 15.2 Å². The van der Waals surface area contributed by atoms with Gasteiger partial charge in [-0.3, -0.25) is 0 Å². The molecule has 0 aliphatic carbocycles. The van der Waals surface area contributed by atoms with Crippen LogP contribution in [0.15, 0.2) is 0 Å². The number of rotatable bonds is 7. The maximum atomic E-state index is 10.4. The highest BCUT2D eigenvalue weighted by atomic mass is 16.6. The third-order valence-corrected chi connectivity index (χ3v) is 5.61. The smallest absolute Gasteiger partial charge is 0.208 e. The molecule has 0 spiro atoms. The van der Waals surface area contributed by atoms with E-state index in [0.717, 1.165) is 0 Å². The lowest BCUT2D eigenvalue weighted by atomic mass is 9.85. The van der Waals surface area contributed by atoms with Gasteiger partial charge >= 0.3 is 0 Å². The maximum Gasteiger partial charge on any atom is 0.208 e. The van der Waals surface area contributed by atoms with Crippen molar-refractivity contribution < 1.29 is 60.5 Å². The molecule has 172 valence electrons. The highest BCUT2D eigenvalue weighted by molar-refractivity contribution is 5.01. The van der Waals surface area contributed by atoms with Gasteiger partial charge in [-0.15, -0.1) is 0 Å². The van der Waals surface area contributed by atoms with Crippen LogP contribution < -0.4 is 5.73 Å². The molecule has 2 aliphatic heterocycles. The third kappa shape index (κ3) is 4.88. The Kier molecular flexibility index (Phi) is 8.31. The molecule has 2 heterocycles. The zero-order chi connectivity index (χ0) is 22.1. The van der Waals surface area contributed by atoms with Crippen molar-refractivity contribution in [3.63, 3.8) is 0 Å². The van der Waals surface area contributed by atoms with Gasteiger partial charge in [-0.2, -0.15) is 0 Å². The minimum atomic E-state index is -2.91. The van der Waals surface area contributed by atoms with Crippen LogP contribution in [0.1, 0.15) is 12.8 Å². The first-order chi connectivity index (χ1) is 13.5. The molecular formula is C16H31NO12. The number of hydrogen-bond donors (Lipinski definition) is 11. The summed E-state index contributed by atoms with van der Waals surface area (Å²) in [5.41, 5.74) is 5.81. The van der Waals surface area contributed by atoms with Gasteiger partial charge in [0, 0.05) is 0 Å². The van der Waals surface area contributed by atoms with Crippen molar-refractivity contribution >= 4 is 0 Å². The second-order valence-electron chi connectivity index (χ2n) is 7.58. The average molecular weight is 429 g/mol. The predicted octanol–water partition coefficient (Wildman–Crippen LogP) is -6.54. The quantitative estimate of drug-likeness (QED) is 0.169. The highest BCUT2D eigenvalue weighted by Crippen LogP contribution is 2.31. The van der Waals surface area contributed by atoms with Crippen molar-refractivity contribution in [1.29, 1.82) is 0 Å². The average Bonchev–Trinajstić information content (AvgIpc) is 2.69. The molecule has 0 aromatic rings. The van der Waals surface area contributed by atoms with E-state index < -0.39 is 86.1 Å². The first-order valence-electron chi connectivity index (χ1n) is 9.28. The lowest BCUT2D eigenvalue weighted by molar-refractivity contribution is -0.327. The predicted molar refractivity (Wildman–Crippen MR) is 91.9 cm³/mol. The van der Waals surface area contributed by atoms with Crippen LogP contribution in [0.2, 0.25) is 0 Å². The Bertz CT molecular complexity index is 520. The van der Waals surface area contributed by atoms with E-state index in [1.807, 2.05) is 0 Å². The van der Waals surface area contributed by atoms with Gasteiger partial charge in [0.15, 0.2) is 0 Å². The summed E-state index contributed by atoms with van der Waals surface area (Å²) in [7, 11) is 0. The van der Waals surface area contributed by atoms with Crippen molar-refractivity contribution in [2.75, 3.05) is 13.2 Å². The second-order valence-corrected chi connectivity index (χ2v) is 7.58. The Hall–Kier alpha value is -0.520. The van der Waals surface area contributed by atoms with Crippen LogP contribution in [0.25, 0.3) is 0 Å². The summed E-state index contributed by atoms with van der Waals surface area (Å²) >= 11 is 0. The molecule has 0 amide bonds. The fraction of sp³-hybridized carbons (Fsp3) is 1.00.